The number of nitrogens with one attached hydrogen (secondary N) is 1. The number of amides is 1. The normalized spacial score (nSPS) is 19.0. The second kappa shape index (κ2) is 4.71. The molecule has 0 radical (unpaired) electrons. The van der Waals surface area contributed by atoms with Crippen molar-refractivity contribution in [2.24, 2.45) is 5.84 Å². The third-order valence-electron chi connectivity index (χ3n) is 2.88. The first kappa shape index (κ1) is 13.1. The molecule has 7 nitrogen and oxygen atoms in total. The van der Waals surface area contributed by atoms with Crippen LogP contribution >= 0.6 is 0 Å². The third-order valence-corrected chi connectivity index (χ3v) is 4.78. The maximum atomic E-state index is 11.6. The van der Waals surface area contributed by atoms with E-state index in [1.807, 2.05) is 5.43 Å². The van der Waals surface area contributed by atoms with Gasteiger partial charge in [0, 0.05) is 6.54 Å². The summed E-state index contributed by atoms with van der Waals surface area (Å²) in [6.07, 6.45) is 0.623. The molecule has 0 unspecified atom stereocenters. The highest BCUT2D eigenvalue weighted by molar-refractivity contribution is 7.89. The number of nitrogen functional groups attached to an aromatic ring is 1. The number of hydrazine groups is 1. The zero-order valence-electron chi connectivity index (χ0n) is 9.97. The smallest absolute Gasteiger partial charge is 0.268 e. The Bertz CT molecular complexity index is 564. The maximum Gasteiger partial charge on any atom is 0.268 e. The summed E-state index contributed by atoms with van der Waals surface area (Å²) in [6.45, 7) is 2.27. The van der Waals surface area contributed by atoms with Gasteiger partial charge in [-0.1, -0.05) is 0 Å². The first-order valence-electron chi connectivity index (χ1n) is 5.52. The van der Waals surface area contributed by atoms with E-state index in [2.05, 4.69) is 0 Å². The molecule has 2 heterocycles. The van der Waals surface area contributed by atoms with Crippen molar-refractivity contribution in [2.45, 2.75) is 19.9 Å². The highest BCUT2D eigenvalue weighted by atomic mass is 32.2. The highest BCUT2D eigenvalue weighted by Gasteiger charge is 2.29. The van der Waals surface area contributed by atoms with Gasteiger partial charge in [-0.15, -0.1) is 0 Å². The van der Waals surface area contributed by atoms with E-state index in [0.29, 0.717) is 30.0 Å². The number of carbonyl (C=O) groups is 1. The summed E-state index contributed by atoms with van der Waals surface area (Å²) in [7, 11) is -3.17. The summed E-state index contributed by atoms with van der Waals surface area (Å²) < 4.78 is 30.0. The molecule has 1 amide bonds. The van der Waals surface area contributed by atoms with Crippen molar-refractivity contribution in [1.29, 1.82) is 0 Å². The Kier molecular flexibility index (Phi) is 3.42. The average Bonchev–Trinajstić information content (AvgIpc) is 2.82. The lowest BCUT2D eigenvalue weighted by molar-refractivity contribution is 0.0952. The van der Waals surface area contributed by atoms with Crippen LogP contribution in [0.15, 0.2) is 10.5 Å². The van der Waals surface area contributed by atoms with Gasteiger partial charge >= 0.3 is 0 Å². The average molecular weight is 273 g/mol. The number of hydrogen-bond acceptors (Lipinski definition) is 5. The Labute approximate surface area is 105 Å². The summed E-state index contributed by atoms with van der Waals surface area (Å²) >= 11 is 0. The molecular weight excluding hydrogens is 258 g/mol. The van der Waals surface area contributed by atoms with Crippen molar-refractivity contribution in [1.82, 2.24) is 9.73 Å². The molecule has 1 saturated heterocycles. The molecule has 1 aromatic heterocycles. The number of carbonyl (C=O) groups excluding carboxylic acids is 1. The zero-order valence-corrected chi connectivity index (χ0v) is 10.8. The van der Waals surface area contributed by atoms with Gasteiger partial charge in [-0.3, -0.25) is 10.2 Å². The van der Waals surface area contributed by atoms with E-state index in [9.17, 15) is 13.2 Å². The van der Waals surface area contributed by atoms with Crippen LogP contribution in [0.5, 0.6) is 0 Å². The van der Waals surface area contributed by atoms with Crippen molar-refractivity contribution >= 4 is 15.9 Å². The van der Waals surface area contributed by atoms with E-state index >= 15 is 0 Å². The van der Waals surface area contributed by atoms with Gasteiger partial charge in [-0.2, -0.15) is 4.31 Å². The van der Waals surface area contributed by atoms with Crippen LogP contribution < -0.4 is 11.3 Å². The Balaban J connectivity index is 2.18. The topological polar surface area (TPSA) is 106 Å². The van der Waals surface area contributed by atoms with E-state index in [1.54, 1.807) is 6.92 Å². The van der Waals surface area contributed by atoms with Crippen molar-refractivity contribution in [2.75, 3.05) is 12.3 Å². The first-order chi connectivity index (χ1) is 8.44. The van der Waals surface area contributed by atoms with Gasteiger partial charge in [-0.05, 0) is 19.4 Å². The number of hydrogen-bond donors (Lipinski definition) is 2. The van der Waals surface area contributed by atoms with Gasteiger partial charge in [0.15, 0.2) is 0 Å². The van der Waals surface area contributed by atoms with E-state index in [-0.39, 0.29) is 12.3 Å². The number of nitrogens with two attached hydrogens (primary N) is 1. The highest BCUT2D eigenvalue weighted by Crippen LogP contribution is 2.21. The molecule has 0 aromatic carbocycles. The van der Waals surface area contributed by atoms with Gasteiger partial charge in [0.05, 0.1) is 17.9 Å². The summed E-state index contributed by atoms with van der Waals surface area (Å²) in [5.74, 6) is 5.62. The molecule has 0 spiro atoms. The molecule has 0 aliphatic carbocycles. The second-order valence-corrected chi connectivity index (χ2v) is 6.25. The largest absolute Gasteiger partial charge is 0.464 e. The number of furan rings is 1. The van der Waals surface area contributed by atoms with Gasteiger partial charge in [-0.25, -0.2) is 14.3 Å². The van der Waals surface area contributed by atoms with E-state index in [0.717, 1.165) is 0 Å². The number of aryl methyl sites for hydroxylation is 1. The van der Waals surface area contributed by atoms with Gasteiger partial charge in [0.1, 0.15) is 11.5 Å². The van der Waals surface area contributed by atoms with Crippen LogP contribution in [0.3, 0.4) is 0 Å². The predicted molar refractivity (Wildman–Crippen MR) is 63.9 cm³/mol. The number of sulfonamides is 1. The fraction of sp³-hybridized carbons (Fsp3) is 0.500. The molecular formula is C10H15N3O4S. The Morgan fingerprint density at radius 2 is 2.33 bits per heavy atom. The van der Waals surface area contributed by atoms with Gasteiger partial charge in [0.2, 0.25) is 10.0 Å². The van der Waals surface area contributed by atoms with Crippen molar-refractivity contribution < 1.29 is 17.6 Å². The summed E-state index contributed by atoms with van der Waals surface area (Å²) in [5, 5.41) is 0. The van der Waals surface area contributed by atoms with Crippen LogP contribution in [0.2, 0.25) is 0 Å². The fourth-order valence-electron chi connectivity index (χ4n) is 1.97. The maximum absolute atomic E-state index is 11.6. The quantitative estimate of drug-likeness (QED) is 0.448. The minimum atomic E-state index is -3.17. The monoisotopic (exact) mass is 273 g/mol. The van der Waals surface area contributed by atoms with Gasteiger partial charge in [0.25, 0.3) is 5.91 Å². The predicted octanol–water partition coefficient (Wildman–Crippen LogP) is -0.273. The number of rotatable bonds is 3. The third kappa shape index (κ3) is 2.40. The van der Waals surface area contributed by atoms with Crippen LogP contribution in [0.4, 0.5) is 0 Å². The molecule has 8 heteroatoms. The van der Waals surface area contributed by atoms with E-state index < -0.39 is 15.9 Å². The molecule has 3 N–H and O–H groups in total. The zero-order chi connectivity index (χ0) is 13.3. The molecule has 100 valence electrons. The standard InChI is InChI=1S/C10H15N3O4S/c1-7-9(10(14)12-11)5-8(17-7)6-13-3-2-4-18(13,15)16/h5H,2-4,6,11H2,1H3,(H,12,14). The van der Waals surface area contributed by atoms with Crippen LogP contribution in [-0.4, -0.2) is 30.9 Å². The van der Waals surface area contributed by atoms with Gasteiger partial charge < -0.3 is 4.42 Å². The summed E-state index contributed by atoms with van der Waals surface area (Å²) in [6, 6.07) is 1.52. The van der Waals surface area contributed by atoms with E-state index in [1.165, 1.54) is 10.4 Å². The Hall–Kier alpha value is -1.38. The molecule has 1 aliphatic heterocycles. The molecule has 0 bridgehead atoms. The minimum absolute atomic E-state index is 0.154. The first-order valence-corrected chi connectivity index (χ1v) is 7.13. The Morgan fingerprint density at radius 3 is 2.89 bits per heavy atom. The lowest BCUT2D eigenvalue weighted by Gasteiger charge is -2.11. The molecule has 1 aromatic rings. The van der Waals surface area contributed by atoms with Crippen molar-refractivity contribution in [3.05, 3.63) is 23.2 Å². The lowest BCUT2D eigenvalue weighted by Crippen LogP contribution is -2.30. The van der Waals surface area contributed by atoms with Crippen molar-refractivity contribution in [3.8, 4) is 0 Å². The molecule has 2 rings (SSSR count). The van der Waals surface area contributed by atoms with Crippen LogP contribution in [-0.2, 0) is 16.6 Å². The van der Waals surface area contributed by atoms with Crippen molar-refractivity contribution in [3.63, 3.8) is 0 Å². The molecule has 1 fully saturated rings. The summed E-state index contributed by atoms with van der Waals surface area (Å²) in [5.41, 5.74) is 2.34. The van der Waals surface area contributed by atoms with Crippen LogP contribution in [0.1, 0.15) is 28.3 Å². The molecule has 0 atom stereocenters. The lowest BCUT2D eigenvalue weighted by atomic mass is 10.2. The fourth-order valence-corrected chi connectivity index (χ4v) is 3.45. The minimum Gasteiger partial charge on any atom is -0.464 e. The van der Waals surface area contributed by atoms with E-state index in [4.69, 9.17) is 10.3 Å². The van der Waals surface area contributed by atoms with Crippen LogP contribution in [0, 0.1) is 6.92 Å². The second-order valence-electron chi connectivity index (χ2n) is 4.16. The molecule has 0 saturated carbocycles. The molecule has 1 aliphatic rings. The Morgan fingerprint density at radius 1 is 1.61 bits per heavy atom. The summed E-state index contributed by atoms with van der Waals surface area (Å²) in [4.78, 5) is 11.4. The number of nitrogens with zero attached hydrogens (tertiary/aromatic N) is 1. The van der Waals surface area contributed by atoms with Crippen LogP contribution in [0.25, 0.3) is 0 Å². The SMILES string of the molecule is Cc1oc(CN2CCCS2(=O)=O)cc1C(=O)NN. The molecule has 18 heavy (non-hydrogen) atoms.